The molecule has 1 aliphatic carbocycles. The predicted molar refractivity (Wildman–Crippen MR) is 76.1 cm³/mol. The minimum Gasteiger partial charge on any atom is -0.326 e. The van der Waals surface area contributed by atoms with Gasteiger partial charge in [0.2, 0.25) is 10.0 Å². The van der Waals surface area contributed by atoms with Crippen LogP contribution in [0, 0.1) is 5.82 Å². The summed E-state index contributed by atoms with van der Waals surface area (Å²) >= 11 is 0. The van der Waals surface area contributed by atoms with E-state index in [0.29, 0.717) is 12.1 Å². The molecule has 1 aliphatic rings. The quantitative estimate of drug-likeness (QED) is 0.907. The van der Waals surface area contributed by atoms with Gasteiger partial charge < -0.3 is 5.73 Å². The Morgan fingerprint density at radius 1 is 1.35 bits per heavy atom. The summed E-state index contributed by atoms with van der Waals surface area (Å²) in [6, 6.07) is 4.03. The van der Waals surface area contributed by atoms with Gasteiger partial charge in [-0.15, -0.1) is 0 Å². The lowest BCUT2D eigenvalue weighted by atomic mass is 10.2. The maximum absolute atomic E-state index is 13.9. The van der Waals surface area contributed by atoms with Crippen LogP contribution in [0.5, 0.6) is 0 Å². The van der Waals surface area contributed by atoms with E-state index in [0.717, 1.165) is 25.7 Å². The van der Waals surface area contributed by atoms with Gasteiger partial charge in [-0.05, 0) is 30.5 Å². The number of hydrogen-bond donors (Lipinski definition) is 1. The summed E-state index contributed by atoms with van der Waals surface area (Å²) in [6.45, 7) is 2.35. The van der Waals surface area contributed by atoms with E-state index in [1.165, 1.54) is 22.5 Å². The summed E-state index contributed by atoms with van der Waals surface area (Å²) in [4.78, 5) is -0.255. The van der Waals surface area contributed by atoms with Crippen molar-refractivity contribution in [3.05, 3.63) is 29.6 Å². The predicted octanol–water partition coefficient (Wildman–Crippen LogP) is 2.24. The minimum atomic E-state index is -3.80. The number of sulfonamides is 1. The molecule has 0 aromatic heterocycles. The number of benzene rings is 1. The first-order chi connectivity index (χ1) is 9.50. The van der Waals surface area contributed by atoms with Crippen molar-refractivity contribution in [2.75, 3.05) is 6.54 Å². The molecule has 1 aromatic rings. The first-order valence-electron chi connectivity index (χ1n) is 7.01. The Labute approximate surface area is 119 Å². The molecular weight excluding hydrogens is 279 g/mol. The van der Waals surface area contributed by atoms with Crippen molar-refractivity contribution in [2.45, 2.75) is 50.1 Å². The van der Waals surface area contributed by atoms with Crippen LogP contribution in [0.15, 0.2) is 23.1 Å². The zero-order valence-corrected chi connectivity index (χ0v) is 12.5. The van der Waals surface area contributed by atoms with Gasteiger partial charge in [-0.1, -0.05) is 25.8 Å². The van der Waals surface area contributed by atoms with Gasteiger partial charge in [-0.3, -0.25) is 0 Å². The molecule has 0 aliphatic heterocycles. The number of nitrogens with zero attached hydrogens (tertiary/aromatic N) is 1. The molecule has 2 N–H and O–H groups in total. The molecule has 0 radical (unpaired) electrons. The third kappa shape index (κ3) is 2.87. The van der Waals surface area contributed by atoms with E-state index in [-0.39, 0.29) is 17.5 Å². The lowest BCUT2D eigenvalue weighted by molar-refractivity contribution is 0.334. The first kappa shape index (κ1) is 15.4. The third-order valence-corrected chi connectivity index (χ3v) is 5.90. The van der Waals surface area contributed by atoms with Gasteiger partial charge in [0, 0.05) is 19.1 Å². The van der Waals surface area contributed by atoms with Crippen molar-refractivity contribution in [1.29, 1.82) is 0 Å². The largest absolute Gasteiger partial charge is 0.326 e. The monoisotopic (exact) mass is 300 g/mol. The van der Waals surface area contributed by atoms with Gasteiger partial charge in [0.25, 0.3) is 0 Å². The summed E-state index contributed by atoms with van der Waals surface area (Å²) in [7, 11) is -3.80. The molecule has 20 heavy (non-hydrogen) atoms. The second-order valence-corrected chi connectivity index (χ2v) is 6.97. The molecule has 1 aromatic carbocycles. The Morgan fingerprint density at radius 2 is 2.00 bits per heavy atom. The number of nitrogens with two attached hydrogens (primary N) is 1. The maximum atomic E-state index is 13.9. The SMILES string of the molecule is CCN(C1CCCC1)S(=O)(=O)c1cc(CN)ccc1F. The molecule has 4 nitrogen and oxygen atoms in total. The van der Waals surface area contributed by atoms with E-state index < -0.39 is 15.8 Å². The van der Waals surface area contributed by atoms with Gasteiger partial charge in [-0.25, -0.2) is 12.8 Å². The summed E-state index contributed by atoms with van der Waals surface area (Å²) in [5.74, 6) is -0.710. The summed E-state index contributed by atoms with van der Waals surface area (Å²) in [5.41, 5.74) is 6.13. The van der Waals surface area contributed by atoms with Crippen molar-refractivity contribution in [3.63, 3.8) is 0 Å². The van der Waals surface area contributed by atoms with Crippen LogP contribution in [-0.2, 0) is 16.6 Å². The molecular formula is C14H21FN2O2S. The van der Waals surface area contributed by atoms with Crippen LogP contribution in [-0.4, -0.2) is 25.3 Å². The van der Waals surface area contributed by atoms with Crippen LogP contribution in [0.25, 0.3) is 0 Å². The summed E-state index contributed by atoms with van der Waals surface area (Å²) < 4.78 is 40.7. The number of hydrogen-bond acceptors (Lipinski definition) is 3. The van der Waals surface area contributed by atoms with E-state index in [2.05, 4.69) is 0 Å². The molecule has 0 spiro atoms. The fourth-order valence-corrected chi connectivity index (χ4v) is 4.63. The Kier molecular flexibility index (Phi) is 4.78. The molecule has 0 bridgehead atoms. The highest BCUT2D eigenvalue weighted by molar-refractivity contribution is 7.89. The average molecular weight is 300 g/mol. The van der Waals surface area contributed by atoms with E-state index in [4.69, 9.17) is 5.73 Å². The standard InChI is InChI=1S/C14H21FN2O2S/c1-2-17(12-5-3-4-6-12)20(18,19)14-9-11(10-16)7-8-13(14)15/h7-9,12H,2-6,10,16H2,1H3. The molecule has 0 atom stereocenters. The molecule has 6 heteroatoms. The van der Waals surface area contributed by atoms with E-state index in [1.54, 1.807) is 6.92 Å². The van der Waals surface area contributed by atoms with Crippen molar-refractivity contribution < 1.29 is 12.8 Å². The fourth-order valence-electron chi connectivity index (χ4n) is 2.82. The van der Waals surface area contributed by atoms with Crippen molar-refractivity contribution in [3.8, 4) is 0 Å². The normalized spacial score (nSPS) is 17.0. The van der Waals surface area contributed by atoms with Gasteiger partial charge in [0.15, 0.2) is 0 Å². The Balaban J connectivity index is 2.42. The highest BCUT2D eigenvalue weighted by Gasteiger charge is 2.33. The molecule has 2 rings (SSSR count). The second-order valence-electron chi connectivity index (χ2n) is 5.12. The van der Waals surface area contributed by atoms with Gasteiger partial charge in [0.05, 0.1) is 0 Å². The number of rotatable bonds is 5. The Hall–Kier alpha value is -0.980. The van der Waals surface area contributed by atoms with E-state index in [9.17, 15) is 12.8 Å². The van der Waals surface area contributed by atoms with Crippen LogP contribution in [0.1, 0.15) is 38.2 Å². The van der Waals surface area contributed by atoms with Gasteiger partial charge in [-0.2, -0.15) is 4.31 Å². The molecule has 112 valence electrons. The highest BCUT2D eigenvalue weighted by Crippen LogP contribution is 2.29. The zero-order valence-electron chi connectivity index (χ0n) is 11.7. The summed E-state index contributed by atoms with van der Waals surface area (Å²) in [5, 5.41) is 0. The maximum Gasteiger partial charge on any atom is 0.246 e. The molecule has 0 saturated heterocycles. The Morgan fingerprint density at radius 3 is 2.55 bits per heavy atom. The van der Waals surface area contributed by atoms with Crippen molar-refractivity contribution in [1.82, 2.24) is 4.31 Å². The Bertz CT molecular complexity index is 569. The molecule has 0 amide bonds. The lowest BCUT2D eigenvalue weighted by Crippen LogP contribution is -2.39. The highest BCUT2D eigenvalue weighted by atomic mass is 32.2. The smallest absolute Gasteiger partial charge is 0.246 e. The van der Waals surface area contributed by atoms with Crippen LogP contribution in [0.4, 0.5) is 4.39 Å². The minimum absolute atomic E-state index is 0.00840. The van der Waals surface area contributed by atoms with Crippen LogP contribution in [0.3, 0.4) is 0 Å². The molecule has 0 heterocycles. The van der Waals surface area contributed by atoms with Gasteiger partial charge >= 0.3 is 0 Å². The number of halogens is 1. The van der Waals surface area contributed by atoms with Crippen LogP contribution >= 0.6 is 0 Å². The average Bonchev–Trinajstić information content (AvgIpc) is 2.93. The fraction of sp³-hybridized carbons (Fsp3) is 0.571. The molecule has 0 unspecified atom stereocenters. The lowest BCUT2D eigenvalue weighted by Gasteiger charge is -2.27. The van der Waals surface area contributed by atoms with Gasteiger partial charge in [0.1, 0.15) is 10.7 Å². The van der Waals surface area contributed by atoms with Crippen LogP contribution < -0.4 is 5.73 Å². The summed E-state index contributed by atoms with van der Waals surface area (Å²) in [6.07, 6.45) is 3.76. The van der Waals surface area contributed by atoms with E-state index >= 15 is 0 Å². The van der Waals surface area contributed by atoms with E-state index in [1.807, 2.05) is 0 Å². The van der Waals surface area contributed by atoms with Crippen molar-refractivity contribution in [2.24, 2.45) is 5.73 Å². The topological polar surface area (TPSA) is 63.4 Å². The van der Waals surface area contributed by atoms with Crippen molar-refractivity contribution >= 4 is 10.0 Å². The second kappa shape index (κ2) is 6.20. The molecule has 1 fully saturated rings. The van der Waals surface area contributed by atoms with Crippen LogP contribution in [0.2, 0.25) is 0 Å². The zero-order chi connectivity index (χ0) is 14.8. The third-order valence-electron chi connectivity index (χ3n) is 3.86. The first-order valence-corrected chi connectivity index (χ1v) is 8.45. The molecule has 1 saturated carbocycles.